The molecule has 0 aliphatic rings. The van der Waals surface area contributed by atoms with Crippen molar-refractivity contribution in [2.45, 2.75) is 13.3 Å². The molecule has 1 amide bonds. The smallest absolute Gasteiger partial charge is 0.226 e. The minimum atomic E-state index is -0.186. The summed E-state index contributed by atoms with van der Waals surface area (Å²) < 4.78 is 4.82. The Kier molecular flexibility index (Phi) is 5.13. The van der Waals surface area contributed by atoms with Crippen LogP contribution in [0.4, 0.5) is 5.69 Å². The van der Waals surface area contributed by atoms with Gasteiger partial charge in [-0.25, -0.2) is 0 Å². The fourth-order valence-corrected chi connectivity index (χ4v) is 1.57. The van der Waals surface area contributed by atoms with Crippen molar-refractivity contribution < 1.29 is 14.7 Å². The Morgan fingerprint density at radius 2 is 2.28 bits per heavy atom. The standard InChI is InChI=1S/C12H17N3O3/c1-8-4-3-5-9(11(8)12(13)15-17)14-10(16)6-7-18-2/h3-5,17H,6-7H2,1-2H3,(H2,13,15)(H,14,16). The van der Waals surface area contributed by atoms with Gasteiger partial charge in [0.2, 0.25) is 5.91 Å². The number of methoxy groups -OCH3 is 1. The summed E-state index contributed by atoms with van der Waals surface area (Å²) in [6.07, 6.45) is 0.250. The first kappa shape index (κ1) is 14.0. The fourth-order valence-electron chi connectivity index (χ4n) is 1.57. The van der Waals surface area contributed by atoms with Gasteiger partial charge < -0.3 is 21.0 Å². The Bertz CT molecular complexity index is 458. The van der Waals surface area contributed by atoms with Gasteiger partial charge in [-0.15, -0.1) is 0 Å². The molecule has 0 fully saturated rings. The molecule has 0 spiro atoms. The third-order valence-electron chi connectivity index (χ3n) is 2.44. The summed E-state index contributed by atoms with van der Waals surface area (Å²) in [5.41, 5.74) is 7.45. The van der Waals surface area contributed by atoms with Crippen LogP contribution >= 0.6 is 0 Å². The van der Waals surface area contributed by atoms with Crippen LogP contribution < -0.4 is 11.1 Å². The molecule has 98 valence electrons. The van der Waals surface area contributed by atoms with Crippen molar-refractivity contribution in [3.8, 4) is 0 Å². The molecule has 4 N–H and O–H groups in total. The molecule has 0 heterocycles. The van der Waals surface area contributed by atoms with E-state index in [-0.39, 0.29) is 18.2 Å². The van der Waals surface area contributed by atoms with Crippen LogP contribution in [0.1, 0.15) is 17.5 Å². The van der Waals surface area contributed by atoms with E-state index >= 15 is 0 Å². The van der Waals surface area contributed by atoms with Gasteiger partial charge in [-0.3, -0.25) is 4.79 Å². The molecule has 0 aromatic heterocycles. The van der Waals surface area contributed by atoms with Crippen LogP contribution in [0.3, 0.4) is 0 Å². The van der Waals surface area contributed by atoms with Crippen LogP contribution in [0.15, 0.2) is 23.4 Å². The van der Waals surface area contributed by atoms with Crippen LogP contribution in [0, 0.1) is 6.92 Å². The number of hydrogen-bond donors (Lipinski definition) is 3. The summed E-state index contributed by atoms with van der Waals surface area (Å²) >= 11 is 0. The number of amides is 1. The van der Waals surface area contributed by atoms with E-state index in [1.54, 1.807) is 12.1 Å². The quantitative estimate of drug-likeness (QED) is 0.315. The first-order chi connectivity index (χ1) is 8.60. The number of oxime groups is 1. The van der Waals surface area contributed by atoms with Gasteiger partial charge >= 0.3 is 0 Å². The van der Waals surface area contributed by atoms with Crippen LogP contribution in [-0.2, 0) is 9.53 Å². The number of rotatable bonds is 5. The average Bonchev–Trinajstić information content (AvgIpc) is 2.35. The van der Waals surface area contributed by atoms with Crippen molar-refractivity contribution in [2.75, 3.05) is 19.0 Å². The molecule has 0 saturated carbocycles. The van der Waals surface area contributed by atoms with E-state index in [0.29, 0.717) is 17.9 Å². The summed E-state index contributed by atoms with van der Waals surface area (Å²) in [6.45, 7) is 2.16. The summed E-state index contributed by atoms with van der Waals surface area (Å²) in [5, 5.41) is 14.4. The van der Waals surface area contributed by atoms with Gasteiger partial charge in [-0.1, -0.05) is 17.3 Å². The zero-order chi connectivity index (χ0) is 13.5. The predicted molar refractivity (Wildman–Crippen MR) is 68.8 cm³/mol. The number of hydrogen-bond acceptors (Lipinski definition) is 4. The summed E-state index contributed by atoms with van der Waals surface area (Å²) in [6, 6.07) is 5.30. The molecule has 0 aliphatic heterocycles. The highest BCUT2D eigenvalue weighted by molar-refractivity contribution is 6.06. The number of carbonyl (C=O) groups excluding carboxylic acids is 1. The highest BCUT2D eigenvalue weighted by Crippen LogP contribution is 2.19. The van der Waals surface area contributed by atoms with Crippen molar-refractivity contribution >= 4 is 17.4 Å². The van der Waals surface area contributed by atoms with Gasteiger partial charge in [0, 0.05) is 12.7 Å². The Hall–Kier alpha value is -2.08. The molecular formula is C12H17N3O3. The average molecular weight is 251 g/mol. The van der Waals surface area contributed by atoms with Crippen LogP contribution in [0.25, 0.3) is 0 Å². The second-order valence-corrected chi connectivity index (χ2v) is 3.77. The molecule has 0 saturated heterocycles. The third-order valence-corrected chi connectivity index (χ3v) is 2.44. The summed E-state index contributed by atoms with van der Waals surface area (Å²) in [4.78, 5) is 11.6. The number of anilines is 1. The molecule has 6 heteroatoms. The molecule has 0 radical (unpaired) electrons. The van der Waals surface area contributed by atoms with Gasteiger partial charge in [0.05, 0.1) is 18.7 Å². The minimum absolute atomic E-state index is 0.0323. The zero-order valence-corrected chi connectivity index (χ0v) is 10.4. The van der Waals surface area contributed by atoms with Gasteiger partial charge in [-0.2, -0.15) is 0 Å². The van der Waals surface area contributed by atoms with Crippen molar-refractivity contribution in [3.05, 3.63) is 29.3 Å². The van der Waals surface area contributed by atoms with Crippen LogP contribution in [0.2, 0.25) is 0 Å². The molecule has 0 bridgehead atoms. The van der Waals surface area contributed by atoms with Gasteiger partial charge in [0.25, 0.3) is 0 Å². The first-order valence-corrected chi connectivity index (χ1v) is 5.46. The molecular weight excluding hydrogens is 234 g/mol. The van der Waals surface area contributed by atoms with Crippen LogP contribution in [0.5, 0.6) is 0 Å². The first-order valence-electron chi connectivity index (χ1n) is 5.46. The second kappa shape index (κ2) is 6.61. The molecule has 0 atom stereocenters. The van der Waals surface area contributed by atoms with E-state index in [1.807, 2.05) is 13.0 Å². The zero-order valence-electron chi connectivity index (χ0n) is 10.4. The molecule has 0 aliphatic carbocycles. The highest BCUT2D eigenvalue weighted by Gasteiger charge is 2.12. The minimum Gasteiger partial charge on any atom is -0.409 e. The number of carbonyl (C=O) groups is 1. The Labute approximate surface area is 105 Å². The number of aryl methyl sites for hydroxylation is 1. The number of nitrogens with zero attached hydrogens (tertiary/aromatic N) is 1. The Morgan fingerprint density at radius 1 is 1.56 bits per heavy atom. The monoisotopic (exact) mass is 251 g/mol. The third kappa shape index (κ3) is 3.46. The maximum absolute atomic E-state index is 11.6. The lowest BCUT2D eigenvalue weighted by molar-refractivity contribution is -0.117. The molecule has 1 aromatic carbocycles. The van der Waals surface area contributed by atoms with E-state index < -0.39 is 0 Å². The number of ether oxygens (including phenoxy) is 1. The predicted octanol–water partition coefficient (Wildman–Crippen LogP) is 1.06. The lowest BCUT2D eigenvalue weighted by Gasteiger charge is -2.12. The lowest BCUT2D eigenvalue weighted by atomic mass is 10.1. The lowest BCUT2D eigenvalue weighted by Crippen LogP contribution is -2.20. The molecule has 18 heavy (non-hydrogen) atoms. The van der Waals surface area contributed by atoms with Crippen molar-refractivity contribution in [2.24, 2.45) is 10.9 Å². The Morgan fingerprint density at radius 3 is 2.89 bits per heavy atom. The molecule has 1 rings (SSSR count). The van der Waals surface area contributed by atoms with E-state index in [0.717, 1.165) is 5.56 Å². The number of benzene rings is 1. The highest BCUT2D eigenvalue weighted by atomic mass is 16.5. The number of nitrogens with two attached hydrogens (primary N) is 1. The largest absolute Gasteiger partial charge is 0.409 e. The topological polar surface area (TPSA) is 96.9 Å². The fraction of sp³-hybridized carbons (Fsp3) is 0.333. The van der Waals surface area contributed by atoms with E-state index in [1.165, 1.54) is 7.11 Å². The molecule has 6 nitrogen and oxygen atoms in total. The van der Waals surface area contributed by atoms with Crippen molar-refractivity contribution in [1.29, 1.82) is 0 Å². The second-order valence-electron chi connectivity index (χ2n) is 3.77. The van der Waals surface area contributed by atoms with E-state index in [2.05, 4.69) is 10.5 Å². The molecule has 0 unspecified atom stereocenters. The summed E-state index contributed by atoms with van der Waals surface area (Å²) in [7, 11) is 1.53. The SMILES string of the molecule is COCCC(=O)Nc1cccc(C)c1/C(N)=N/O. The summed E-state index contributed by atoms with van der Waals surface area (Å²) in [5.74, 6) is -0.218. The van der Waals surface area contributed by atoms with Crippen molar-refractivity contribution in [3.63, 3.8) is 0 Å². The Balaban J connectivity index is 2.95. The van der Waals surface area contributed by atoms with Gasteiger partial charge in [0.1, 0.15) is 0 Å². The maximum atomic E-state index is 11.6. The molecule has 1 aromatic rings. The van der Waals surface area contributed by atoms with Crippen molar-refractivity contribution in [1.82, 2.24) is 0 Å². The van der Waals surface area contributed by atoms with Gasteiger partial charge in [0.15, 0.2) is 5.84 Å². The van der Waals surface area contributed by atoms with E-state index in [9.17, 15) is 4.79 Å². The maximum Gasteiger partial charge on any atom is 0.226 e. The normalized spacial score (nSPS) is 11.3. The van der Waals surface area contributed by atoms with Crippen LogP contribution in [-0.4, -0.2) is 30.7 Å². The van der Waals surface area contributed by atoms with E-state index in [4.69, 9.17) is 15.7 Å². The number of amidine groups is 1. The number of nitrogens with one attached hydrogen (secondary N) is 1. The van der Waals surface area contributed by atoms with Gasteiger partial charge in [-0.05, 0) is 18.6 Å².